The molecule has 30 heavy (non-hydrogen) atoms. The van der Waals surface area contributed by atoms with Crippen molar-refractivity contribution in [1.82, 2.24) is 10.6 Å². The predicted molar refractivity (Wildman–Crippen MR) is 122 cm³/mol. The van der Waals surface area contributed by atoms with Gasteiger partial charge in [-0.05, 0) is 77.1 Å². The van der Waals surface area contributed by atoms with Gasteiger partial charge in [-0.3, -0.25) is 9.79 Å². The molecule has 0 spiro atoms. The number of guanidine groups is 1. The summed E-state index contributed by atoms with van der Waals surface area (Å²) in [6, 6.07) is 7.92. The van der Waals surface area contributed by atoms with E-state index in [9.17, 15) is 4.79 Å². The Morgan fingerprint density at radius 1 is 1.17 bits per heavy atom. The van der Waals surface area contributed by atoms with Gasteiger partial charge in [0.25, 0.3) is 0 Å². The topological polar surface area (TPSA) is 84.0 Å². The average molecular weight is 419 g/mol. The standard InChI is InChI=1S/C23H38N4O3/c1-17(2)26-22(28)12-14-25-23(24-13-5-15-29-16-19-6-7-19)27-20-8-10-21(11-9-20)30-18(3)4/h8-11,17-19H,5-7,12-16H2,1-4H3,(H,26,28)(H2,24,25,27). The molecule has 1 fully saturated rings. The number of benzene rings is 1. The van der Waals surface area contributed by atoms with Gasteiger partial charge in [0.05, 0.1) is 6.10 Å². The number of carbonyl (C=O) groups excluding carboxylic acids is 1. The average Bonchev–Trinajstić information content (AvgIpc) is 3.49. The highest BCUT2D eigenvalue weighted by Crippen LogP contribution is 2.28. The summed E-state index contributed by atoms with van der Waals surface area (Å²) in [5.74, 6) is 2.31. The van der Waals surface area contributed by atoms with Gasteiger partial charge in [-0.25, -0.2) is 0 Å². The Hall–Kier alpha value is -2.28. The normalized spacial score (nSPS) is 14.1. The van der Waals surface area contributed by atoms with E-state index < -0.39 is 0 Å². The lowest BCUT2D eigenvalue weighted by atomic mass is 10.3. The van der Waals surface area contributed by atoms with Gasteiger partial charge in [-0.2, -0.15) is 0 Å². The third-order valence-corrected chi connectivity index (χ3v) is 4.35. The zero-order valence-corrected chi connectivity index (χ0v) is 18.9. The van der Waals surface area contributed by atoms with Crippen molar-refractivity contribution >= 4 is 17.6 Å². The first-order chi connectivity index (χ1) is 14.4. The van der Waals surface area contributed by atoms with Gasteiger partial charge in [0.1, 0.15) is 5.75 Å². The Morgan fingerprint density at radius 3 is 2.53 bits per heavy atom. The van der Waals surface area contributed by atoms with Crippen LogP contribution in [0.1, 0.15) is 53.4 Å². The molecule has 1 amide bonds. The highest BCUT2D eigenvalue weighted by atomic mass is 16.5. The number of aliphatic imine (C=N–C) groups is 1. The van der Waals surface area contributed by atoms with Crippen LogP contribution in [0.3, 0.4) is 0 Å². The first-order valence-electron chi connectivity index (χ1n) is 11.1. The van der Waals surface area contributed by atoms with Crippen LogP contribution in [0.4, 0.5) is 5.69 Å². The third kappa shape index (κ3) is 11.0. The maximum atomic E-state index is 11.9. The number of rotatable bonds is 13. The van der Waals surface area contributed by atoms with Crippen molar-refractivity contribution in [2.45, 2.75) is 65.5 Å². The van der Waals surface area contributed by atoms with Crippen LogP contribution in [-0.4, -0.2) is 50.3 Å². The van der Waals surface area contributed by atoms with Gasteiger partial charge in [-0.15, -0.1) is 0 Å². The lowest BCUT2D eigenvalue weighted by molar-refractivity contribution is -0.121. The van der Waals surface area contributed by atoms with Gasteiger partial charge in [-0.1, -0.05) is 0 Å². The largest absolute Gasteiger partial charge is 0.491 e. The van der Waals surface area contributed by atoms with Crippen molar-refractivity contribution in [3.8, 4) is 5.75 Å². The van der Waals surface area contributed by atoms with E-state index in [0.29, 0.717) is 25.5 Å². The quantitative estimate of drug-likeness (QED) is 0.259. The van der Waals surface area contributed by atoms with Crippen LogP contribution in [-0.2, 0) is 9.53 Å². The second-order valence-corrected chi connectivity index (χ2v) is 8.32. The molecule has 0 saturated heterocycles. The number of nitrogens with one attached hydrogen (secondary N) is 3. The summed E-state index contributed by atoms with van der Waals surface area (Å²) in [5.41, 5.74) is 0.911. The van der Waals surface area contributed by atoms with Crippen LogP contribution in [0.25, 0.3) is 0 Å². The van der Waals surface area contributed by atoms with Crippen molar-refractivity contribution in [2.75, 3.05) is 31.6 Å². The Morgan fingerprint density at radius 2 is 1.90 bits per heavy atom. The molecule has 0 aliphatic heterocycles. The van der Waals surface area contributed by atoms with Crippen molar-refractivity contribution in [2.24, 2.45) is 10.9 Å². The van der Waals surface area contributed by atoms with E-state index in [4.69, 9.17) is 9.47 Å². The highest BCUT2D eigenvalue weighted by molar-refractivity contribution is 5.93. The minimum Gasteiger partial charge on any atom is -0.491 e. The van der Waals surface area contributed by atoms with Crippen LogP contribution in [0.15, 0.2) is 29.3 Å². The van der Waals surface area contributed by atoms with Crippen LogP contribution >= 0.6 is 0 Å². The zero-order chi connectivity index (χ0) is 21.8. The Kier molecular flexibility index (Phi) is 10.5. The minimum absolute atomic E-state index is 0.0283. The molecule has 2 rings (SSSR count). The van der Waals surface area contributed by atoms with Gasteiger partial charge in [0.2, 0.25) is 5.91 Å². The third-order valence-electron chi connectivity index (χ3n) is 4.35. The summed E-state index contributed by atoms with van der Waals surface area (Å²) in [5, 5.41) is 9.45. The predicted octanol–water partition coefficient (Wildman–Crippen LogP) is 3.56. The smallest absolute Gasteiger partial charge is 0.221 e. The monoisotopic (exact) mass is 418 g/mol. The number of hydrogen-bond acceptors (Lipinski definition) is 4. The van der Waals surface area contributed by atoms with E-state index in [0.717, 1.165) is 37.0 Å². The Labute approximate surface area is 181 Å². The zero-order valence-electron chi connectivity index (χ0n) is 18.9. The molecule has 0 aromatic heterocycles. The van der Waals surface area contributed by atoms with E-state index in [1.807, 2.05) is 52.0 Å². The summed E-state index contributed by atoms with van der Waals surface area (Å²) in [6.07, 6.45) is 4.02. The van der Waals surface area contributed by atoms with E-state index in [-0.39, 0.29) is 18.1 Å². The molecule has 1 aromatic carbocycles. The summed E-state index contributed by atoms with van der Waals surface area (Å²) < 4.78 is 11.4. The van der Waals surface area contributed by atoms with Gasteiger partial charge in [0, 0.05) is 44.5 Å². The molecule has 7 nitrogen and oxygen atoms in total. The maximum Gasteiger partial charge on any atom is 0.221 e. The number of carbonyl (C=O) groups is 1. The summed E-state index contributed by atoms with van der Waals surface area (Å²) in [4.78, 5) is 16.5. The molecule has 168 valence electrons. The minimum atomic E-state index is 0.0283. The van der Waals surface area contributed by atoms with Gasteiger partial charge in [0.15, 0.2) is 5.96 Å². The fraction of sp³-hybridized carbons (Fsp3) is 0.652. The van der Waals surface area contributed by atoms with Crippen molar-refractivity contribution in [1.29, 1.82) is 0 Å². The molecule has 0 unspecified atom stereocenters. The van der Waals surface area contributed by atoms with Gasteiger partial charge < -0.3 is 25.4 Å². The Bertz CT molecular complexity index is 655. The maximum absolute atomic E-state index is 11.9. The van der Waals surface area contributed by atoms with E-state index in [1.54, 1.807) is 0 Å². The first kappa shape index (κ1) is 24.0. The summed E-state index contributed by atoms with van der Waals surface area (Å²) in [7, 11) is 0. The van der Waals surface area contributed by atoms with Crippen molar-refractivity contribution in [3.63, 3.8) is 0 Å². The molecule has 1 saturated carbocycles. The number of amides is 1. The SMILES string of the molecule is CC(C)NC(=O)CCNC(=NCCCOCC1CC1)Nc1ccc(OC(C)C)cc1. The lowest BCUT2D eigenvalue weighted by Gasteiger charge is -2.14. The van der Waals surface area contributed by atoms with Crippen LogP contribution in [0, 0.1) is 5.92 Å². The second kappa shape index (κ2) is 13.1. The summed E-state index contributed by atoms with van der Waals surface area (Å²) >= 11 is 0. The highest BCUT2D eigenvalue weighted by Gasteiger charge is 2.20. The Balaban J connectivity index is 1.83. The molecule has 7 heteroatoms. The van der Waals surface area contributed by atoms with Crippen LogP contribution < -0.4 is 20.7 Å². The molecule has 3 N–H and O–H groups in total. The number of hydrogen-bond donors (Lipinski definition) is 3. The van der Waals surface area contributed by atoms with E-state index >= 15 is 0 Å². The van der Waals surface area contributed by atoms with Crippen LogP contribution in [0.2, 0.25) is 0 Å². The number of anilines is 1. The van der Waals surface area contributed by atoms with Crippen LogP contribution in [0.5, 0.6) is 5.75 Å². The molecule has 1 aromatic rings. The second-order valence-electron chi connectivity index (χ2n) is 8.32. The van der Waals surface area contributed by atoms with E-state index in [1.165, 1.54) is 12.8 Å². The summed E-state index contributed by atoms with van der Waals surface area (Å²) in [6.45, 7) is 10.7. The van der Waals surface area contributed by atoms with E-state index in [2.05, 4.69) is 20.9 Å². The molecular formula is C23H38N4O3. The molecule has 0 bridgehead atoms. The first-order valence-corrected chi connectivity index (χ1v) is 11.1. The molecule has 1 aliphatic rings. The molecule has 1 aliphatic carbocycles. The molecule has 0 atom stereocenters. The van der Waals surface area contributed by atoms with Gasteiger partial charge >= 0.3 is 0 Å². The lowest BCUT2D eigenvalue weighted by Crippen LogP contribution is -2.36. The molecule has 0 radical (unpaired) electrons. The number of nitrogens with zero attached hydrogens (tertiary/aromatic N) is 1. The molecule has 0 heterocycles. The molecular weight excluding hydrogens is 380 g/mol. The fourth-order valence-corrected chi connectivity index (χ4v) is 2.75. The van der Waals surface area contributed by atoms with Crippen molar-refractivity contribution in [3.05, 3.63) is 24.3 Å². The number of ether oxygens (including phenoxy) is 2. The fourth-order valence-electron chi connectivity index (χ4n) is 2.75. The van der Waals surface area contributed by atoms with Crippen molar-refractivity contribution < 1.29 is 14.3 Å².